The maximum atomic E-state index is 12.9. The van der Waals surface area contributed by atoms with Gasteiger partial charge in [-0.1, -0.05) is 23.5 Å². The van der Waals surface area contributed by atoms with E-state index in [1.807, 2.05) is 12.1 Å². The molecule has 0 aliphatic carbocycles. The molecule has 25 heavy (non-hydrogen) atoms. The Hall–Kier alpha value is -1.92. The topological polar surface area (TPSA) is 34.4 Å². The molecule has 0 radical (unpaired) electrons. The molecule has 3 aromatic rings. The highest BCUT2D eigenvalue weighted by atomic mass is 32.2. The number of aromatic nitrogens is 1. The van der Waals surface area contributed by atoms with Crippen LogP contribution in [0, 0.1) is 5.82 Å². The first kappa shape index (κ1) is 17.9. The summed E-state index contributed by atoms with van der Waals surface area (Å²) in [5, 5.41) is 0. The first-order valence-electron chi connectivity index (χ1n) is 8.21. The number of hydrogen-bond donors (Lipinski definition) is 0. The molecule has 1 amide bonds. The minimum Gasteiger partial charge on any atom is -0.317 e. The van der Waals surface area contributed by atoms with Gasteiger partial charge >= 0.3 is 0 Å². The van der Waals surface area contributed by atoms with E-state index in [0.29, 0.717) is 6.42 Å². The van der Waals surface area contributed by atoms with Gasteiger partial charge in [-0.15, -0.1) is 11.8 Å². The quantitative estimate of drug-likeness (QED) is 0.456. The van der Waals surface area contributed by atoms with E-state index in [1.165, 1.54) is 12.1 Å². The fourth-order valence-corrected chi connectivity index (χ4v) is 4.48. The Morgan fingerprint density at radius 2 is 1.96 bits per heavy atom. The Kier molecular flexibility index (Phi) is 6.04. The molecule has 3 rings (SSSR count). The smallest absolute Gasteiger partial charge is 0.248 e. The van der Waals surface area contributed by atoms with Crippen molar-refractivity contribution in [2.24, 2.45) is 4.99 Å². The fraction of sp³-hybridized carbons (Fsp3) is 0.263. The third kappa shape index (κ3) is 4.58. The predicted octanol–water partition coefficient (Wildman–Crippen LogP) is 4.86. The number of hydrogen-bond acceptors (Lipinski definition) is 3. The zero-order chi connectivity index (χ0) is 17.6. The monoisotopic (exact) mass is 374 g/mol. The standard InChI is InChI=1S/C19H19FN2OS2/c1-2-22-16-6-3-4-7-17(16)25-19(22)21-18(23)8-5-13-24-15-11-9-14(20)10-12-15/h3-4,6-7,9-12H,2,5,8,13H2,1H3. The van der Waals surface area contributed by atoms with Gasteiger partial charge in [0.05, 0.1) is 10.2 Å². The van der Waals surface area contributed by atoms with Gasteiger partial charge < -0.3 is 4.57 Å². The minimum atomic E-state index is -0.231. The van der Waals surface area contributed by atoms with Crippen LogP contribution in [0.3, 0.4) is 0 Å². The lowest BCUT2D eigenvalue weighted by atomic mass is 10.3. The van der Waals surface area contributed by atoms with Gasteiger partial charge in [-0.3, -0.25) is 4.79 Å². The highest BCUT2D eigenvalue weighted by Crippen LogP contribution is 2.20. The number of aryl methyl sites for hydroxylation is 1. The minimum absolute atomic E-state index is 0.0894. The summed E-state index contributed by atoms with van der Waals surface area (Å²) in [6, 6.07) is 14.5. The van der Waals surface area contributed by atoms with Gasteiger partial charge in [-0.25, -0.2) is 4.39 Å². The van der Waals surface area contributed by atoms with Crippen molar-refractivity contribution in [2.75, 3.05) is 5.75 Å². The van der Waals surface area contributed by atoms with Crippen LogP contribution >= 0.6 is 23.1 Å². The average Bonchev–Trinajstić information content (AvgIpc) is 2.97. The number of rotatable bonds is 6. The van der Waals surface area contributed by atoms with Crippen LogP contribution in [0.25, 0.3) is 10.2 Å². The first-order valence-corrected chi connectivity index (χ1v) is 10.0. The summed E-state index contributed by atoms with van der Waals surface area (Å²) in [5.41, 5.74) is 1.12. The maximum absolute atomic E-state index is 12.9. The van der Waals surface area contributed by atoms with Gasteiger partial charge in [0.25, 0.3) is 0 Å². The molecule has 0 saturated carbocycles. The highest BCUT2D eigenvalue weighted by molar-refractivity contribution is 7.99. The third-order valence-electron chi connectivity index (χ3n) is 3.74. The molecular formula is C19H19FN2OS2. The van der Waals surface area contributed by atoms with Gasteiger partial charge in [-0.05, 0) is 55.5 Å². The number of halogens is 1. The molecule has 0 aliphatic rings. The number of thiazole rings is 1. The molecule has 0 aliphatic heterocycles. The summed E-state index contributed by atoms with van der Waals surface area (Å²) in [6.45, 7) is 2.85. The molecule has 0 N–H and O–H groups in total. The summed E-state index contributed by atoms with van der Waals surface area (Å²) >= 11 is 3.17. The first-order chi connectivity index (χ1) is 12.2. The Morgan fingerprint density at radius 3 is 2.72 bits per heavy atom. The molecular weight excluding hydrogens is 355 g/mol. The van der Waals surface area contributed by atoms with Gasteiger partial charge in [-0.2, -0.15) is 4.99 Å². The zero-order valence-corrected chi connectivity index (χ0v) is 15.6. The molecule has 0 spiro atoms. The average molecular weight is 375 g/mol. The molecule has 0 unspecified atom stereocenters. The van der Waals surface area contributed by atoms with Gasteiger partial charge in [0.2, 0.25) is 5.91 Å². The Labute approximate surface area is 154 Å². The number of thioether (sulfide) groups is 1. The highest BCUT2D eigenvalue weighted by Gasteiger charge is 2.06. The fourth-order valence-electron chi connectivity index (χ4n) is 2.52. The van der Waals surface area contributed by atoms with Crippen molar-refractivity contribution < 1.29 is 9.18 Å². The van der Waals surface area contributed by atoms with Crippen LogP contribution in [0.1, 0.15) is 19.8 Å². The molecule has 1 heterocycles. The van der Waals surface area contributed by atoms with E-state index in [1.54, 1.807) is 35.2 Å². The number of para-hydroxylation sites is 1. The predicted molar refractivity (Wildman–Crippen MR) is 102 cm³/mol. The van der Waals surface area contributed by atoms with Crippen LogP contribution in [0.4, 0.5) is 4.39 Å². The molecule has 0 fully saturated rings. The van der Waals surface area contributed by atoms with E-state index in [2.05, 4.69) is 28.6 Å². The second-order valence-electron chi connectivity index (χ2n) is 5.51. The second kappa shape index (κ2) is 8.45. The molecule has 0 saturated heterocycles. The van der Waals surface area contributed by atoms with Crippen molar-refractivity contribution in [3.05, 3.63) is 59.1 Å². The molecule has 130 valence electrons. The number of nitrogens with zero attached hydrogens (tertiary/aromatic N) is 2. The van der Waals surface area contributed by atoms with Crippen LogP contribution in [-0.2, 0) is 11.3 Å². The largest absolute Gasteiger partial charge is 0.317 e. The summed E-state index contributed by atoms with van der Waals surface area (Å²) in [6.07, 6.45) is 1.17. The van der Waals surface area contributed by atoms with E-state index in [4.69, 9.17) is 0 Å². The Balaban J connectivity index is 1.60. The van der Waals surface area contributed by atoms with Crippen LogP contribution in [-0.4, -0.2) is 16.2 Å². The van der Waals surface area contributed by atoms with E-state index in [9.17, 15) is 9.18 Å². The normalized spacial score (nSPS) is 12.0. The summed E-state index contributed by atoms with van der Waals surface area (Å²) in [4.78, 5) is 18.3. The van der Waals surface area contributed by atoms with Crippen molar-refractivity contribution in [1.82, 2.24) is 4.57 Å². The van der Waals surface area contributed by atoms with Gasteiger partial charge in [0.15, 0.2) is 4.80 Å². The summed E-state index contributed by atoms with van der Waals surface area (Å²) in [5.74, 6) is 0.493. The molecule has 0 bridgehead atoms. The molecule has 0 atom stereocenters. The van der Waals surface area contributed by atoms with Gasteiger partial charge in [0.1, 0.15) is 5.82 Å². The van der Waals surface area contributed by atoms with Crippen LogP contribution in [0.15, 0.2) is 58.4 Å². The van der Waals surface area contributed by atoms with Crippen LogP contribution < -0.4 is 4.80 Å². The third-order valence-corrected chi connectivity index (χ3v) is 5.90. The molecule has 1 aromatic heterocycles. The number of fused-ring (bicyclic) bond motifs is 1. The number of carbonyl (C=O) groups is 1. The number of carbonyl (C=O) groups excluding carboxylic acids is 1. The van der Waals surface area contributed by atoms with Crippen molar-refractivity contribution in [3.63, 3.8) is 0 Å². The lowest BCUT2D eigenvalue weighted by molar-refractivity contribution is -0.118. The van der Waals surface area contributed by atoms with Crippen LogP contribution in [0.5, 0.6) is 0 Å². The van der Waals surface area contributed by atoms with Crippen molar-refractivity contribution in [3.8, 4) is 0 Å². The number of amides is 1. The van der Waals surface area contributed by atoms with Crippen molar-refractivity contribution in [1.29, 1.82) is 0 Å². The maximum Gasteiger partial charge on any atom is 0.248 e. The molecule has 6 heteroatoms. The summed E-state index contributed by atoms with van der Waals surface area (Å²) < 4.78 is 16.1. The SMILES string of the molecule is CCn1c(=NC(=O)CCCSc2ccc(F)cc2)sc2ccccc21. The zero-order valence-electron chi connectivity index (χ0n) is 13.9. The second-order valence-corrected chi connectivity index (χ2v) is 7.69. The van der Waals surface area contributed by atoms with Crippen LogP contribution in [0.2, 0.25) is 0 Å². The van der Waals surface area contributed by atoms with E-state index in [0.717, 1.165) is 38.6 Å². The summed E-state index contributed by atoms with van der Waals surface area (Å²) in [7, 11) is 0. The Bertz CT molecular complexity index is 928. The van der Waals surface area contributed by atoms with Crippen molar-refractivity contribution >= 4 is 39.2 Å². The number of benzene rings is 2. The molecule has 3 nitrogen and oxygen atoms in total. The van der Waals surface area contributed by atoms with E-state index >= 15 is 0 Å². The van der Waals surface area contributed by atoms with Crippen molar-refractivity contribution in [2.45, 2.75) is 31.2 Å². The lowest BCUT2D eigenvalue weighted by Gasteiger charge is -2.01. The van der Waals surface area contributed by atoms with E-state index < -0.39 is 0 Å². The molecule has 2 aromatic carbocycles. The lowest BCUT2D eigenvalue weighted by Crippen LogP contribution is -2.15. The van der Waals surface area contributed by atoms with Gasteiger partial charge in [0, 0.05) is 17.9 Å². The Morgan fingerprint density at radius 1 is 1.20 bits per heavy atom. The van der Waals surface area contributed by atoms with E-state index in [-0.39, 0.29) is 11.7 Å².